The van der Waals surface area contributed by atoms with E-state index in [0.717, 1.165) is 11.3 Å². The molecule has 0 bridgehead atoms. The lowest BCUT2D eigenvalue weighted by Crippen LogP contribution is -2.06. The molecule has 0 atom stereocenters. The van der Waals surface area contributed by atoms with Crippen LogP contribution in [0, 0.1) is 0 Å². The van der Waals surface area contributed by atoms with Gasteiger partial charge >= 0.3 is 0 Å². The number of hydrogen-bond acceptors (Lipinski definition) is 4. The van der Waals surface area contributed by atoms with Gasteiger partial charge in [0.2, 0.25) is 0 Å². The van der Waals surface area contributed by atoms with E-state index in [-0.39, 0.29) is 0 Å². The summed E-state index contributed by atoms with van der Waals surface area (Å²) >= 11 is 0. The summed E-state index contributed by atoms with van der Waals surface area (Å²) in [6, 6.07) is 7.74. The Morgan fingerprint density at radius 2 is 1.94 bits per heavy atom. The van der Waals surface area contributed by atoms with Crippen LogP contribution in [0.15, 0.2) is 29.4 Å². The Balaban J connectivity index is 2.39. The van der Waals surface area contributed by atoms with E-state index >= 15 is 0 Å². The second kappa shape index (κ2) is 7.68. The predicted octanol–water partition coefficient (Wildman–Crippen LogP) is 2.49. The molecule has 1 aromatic carbocycles. The summed E-state index contributed by atoms with van der Waals surface area (Å²) in [5, 5.41) is 11.7. The van der Waals surface area contributed by atoms with Crippen LogP contribution in [0.2, 0.25) is 0 Å². The van der Waals surface area contributed by atoms with Gasteiger partial charge in [-0.1, -0.05) is 17.3 Å². The summed E-state index contributed by atoms with van der Waals surface area (Å²) in [7, 11) is 0. The fraction of sp³-hybridized carbons (Fsp3) is 0.462. The van der Waals surface area contributed by atoms with Gasteiger partial charge in [-0.15, -0.1) is 0 Å². The molecule has 17 heavy (non-hydrogen) atoms. The van der Waals surface area contributed by atoms with Crippen molar-refractivity contribution in [1.82, 2.24) is 0 Å². The van der Waals surface area contributed by atoms with Crippen LogP contribution in [-0.2, 0) is 11.2 Å². The fourth-order valence-corrected chi connectivity index (χ4v) is 1.40. The largest absolute Gasteiger partial charge is 0.491 e. The molecular weight excluding hydrogens is 218 g/mol. The molecule has 4 nitrogen and oxygen atoms in total. The molecular formula is C13H19NO3. The van der Waals surface area contributed by atoms with Crippen molar-refractivity contribution < 1.29 is 14.7 Å². The summed E-state index contributed by atoms with van der Waals surface area (Å²) in [6.45, 7) is 5.62. The van der Waals surface area contributed by atoms with Crippen molar-refractivity contribution in [3.05, 3.63) is 29.8 Å². The van der Waals surface area contributed by atoms with Crippen molar-refractivity contribution in [3.63, 3.8) is 0 Å². The van der Waals surface area contributed by atoms with Gasteiger partial charge in [-0.25, -0.2) is 0 Å². The van der Waals surface area contributed by atoms with Gasteiger partial charge in [0.15, 0.2) is 0 Å². The maximum absolute atomic E-state index is 8.57. The molecule has 1 aromatic rings. The van der Waals surface area contributed by atoms with E-state index in [9.17, 15) is 0 Å². The molecule has 0 heterocycles. The van der Waals surface area contributed by atoms with Gasteiger partial charge in [-0.05, 0) is 31.5 Å². The molecule has 0 aliphatic rings. The van der Waals surface area contributed by atoms with E-state index in [1.165, 1.54) is 0 Å². The smallest absolute Gasteiger partial charge is 0.119 e. The van der Waals surface area contributed by atoms with Crippen molar-refractivity contribution >= 4 is 5.71 Å². The van der Waals surface area contributed by atoms with Gasteiger partial charge in [-0.3, -0.25) is 0 Å². The minimum absolute atomic E-state index is 0.560. The van der Waals surface area contributed by atoms with E-state index in [0.29, 0.717) is 32.0 Å². The summed E-state index contributed by atoms with van der Waals surface area (Å²) in [5.41, 5.74) is 1.78. The molecule has 0 saturated carbocycles. The van der Waals surface area contributed by atoms with Gasteiger partial charge in [-0.2, -0.15) is 0 Å². The van der Waals surface area contributed by atoms with Gasteiger partial charge in [0.1, 0.15) is 12.4 Å². The van der Waals surface area contributed by atoms with E-state index in [1.807, 2.05) is 31.2 Å². The highest BCUT2D eigenvalue weighted by atomic mass is 16.5. The molecule has 0 aromatic heterocycles. The van der Waals surface area contributed by atoms with E-state index in [2.05, 4.69) is 5.16 Å². The van der Waals surface area contributed by atoms with Crippen molar-refractivity contribution in [3.8, 4) is 5.75 Å². The lowest BCUT2D eigenvalue weighted by atomic mass is 10.1. The molecule has 1 N–H and O–H groups in total. The second-order valence-electron chi connectivity index (χ2n) is 3.70. The third-order valence-electron chi connectivity index (χ3n) is 2.25. The van der Waals surface area contributed by atoms with Crippen LogP contribution in [-0.4, -0.2) is 30.7 Å². The Kier molecular flexibility index (Phi) is 6.10. The number of ether oxygens (including phenoxy) is 2. The minimum Gasteiger partial charge on any atom is -0.491 e. The van der Waals surface area contributed by atoms with Crippen LogP contribution in [0.25, 0.3) is 0 Å². The molecule has 4 heteroatoms. The van der Waals surface area contributed by atoms with Gasteiger partial charge in [0, 0.05) is 13.0 Å². The molecule has 0 aliphatic heterocycles. The third kappa shape index (κ3) is 5.36. The molecule has 1 rings (SSSR count). The molecule has 0 amide bonds. The Bertz CT molecular complexity index is 346. The molecule has 94 valence electrons. The zero-order chi connectivity index (χ0) is 12.5. The van der Waals surface area contributed by atoms with E-state index in [1.54, 1.807) is 6.92 Å². The molecule has 0 saturated heterocycles. The topological polar surface area (TPSA) is 51.0 Å². The highest BCUT2D eigenvalue weighted by Gasteiger charge is 1.98. The van der Waals surface area contributed by atoms with Crippen LogP contribution in [0.1, 0.15) is 19.4 Å². The Labute approximate surface area is 102 Å². The first-order valence-electron chi connectivity index (χ1n) is 5.73. The van der Waals surface area contributed by atoms with Crippen molar-refractivity contribution in [2.75, 3.05) is 19.8 Å². The van der Waals surface area contributed by atoms with Crippen LogP contribution in [0.5, 0.6) is 5.75 Å². The first kappa shape index (κ1) is 13.5. The number of benzene rings is 1. The normalized spacial score (nSPS) is 11.5. The minimum atomic E-state index is 0.560. The Morgan fingerprint density at radius 3 is 2.53 bits per heavy atom. The van der Waals surface area contributed by atoms with Gasteiger partial charge < -0.3 is 14.7 Å². The van der Waals surface area contributed by atoms with Gasteiger partial charge in [0.25, 0.3) is 0 Å². The average Bonchev–Trinajstić information content (AvgIpc) is 2.36. The van der Waals surface area contributed by atoms with Crippen LogP contribution in [0.4, 0.5) is 0 Å². The monoisotopic (exact) mass is 237 g/mol. The Morgan fingerprint density at radius 1 is 1.24 bits per heavy atom. The lowest BCUT2D eigenvalue weighted by Gasteiger charge is -2.07. The summed E-state index contributed by atoms with van der Waals surface area (Å²) in [4.78, 5) is 0. The molecule has 0 unspecified atom stereocenters. The second-order valence-corrected chi connectivity index (χ2v) is 3.70. The lowest BCUT2D eigenvalue weighted by molar-refractivity contribution is 0.110. The standard InChI is InChI=1S/C13H19NO3/c1-3-16-8-9-17-13-6-4-12(5-7-13)10-11(2)14-15/h4-7,15H,3,8-10H2,1-2H3/b14-11+. The van der Waals surface area contributed by atoms with Crippen molar-refractivity contribution in [1.29, 1.82) is 0 Å². The fourth-order valence-electron chi connectivity index (χ4n) is 1.40. The summed E-state index contributed by atoms with van der Waals surface area (Å²) in [6.07, 6.45) is 0.649. The van der Waals surface area contributed by atoms with E-state index in [4.69, 9.17) is 14.7 Å². The number of hydrogen-bond donors (Lipinski definition) is 1. The van der Waals surface area contributed by atoms with E-state index < -0.39 is 0 Å². The molecule has 0 radical (unpaired) electrons. The third-order valence-corrected chi connectivity index (χ3v) is 2.25. The number of oxime groups is 1. The van der Waals surface area contributed by atoms with Crippen molar-refractivity contribution in [2.24, 2.45) is 5.16 Å². The van der Waals surface area contributed by atoms with Crippen molar-refractivity contribution in [2.45, 2.75) is 20.3 Å². The SMILES string of the molecule is CCOCCOc1ccc(C/C(C)=N/O)cc1. The highest BCUT2D eigenvalue weighted by Crippen LogP contribution is 2.12. The molecule has 0 aliphatic carbocycles. The first-order chi connectivity index (χ1) is 8.26. The average molecular weight is 237 g/mol. The zero-order valence-corrected chi connectivity index (χ0v) is 10.3. The highest BCUT2D eigenvalue weighted by molar-refractivity contribution is 5.83. The summed E-state index contributed by atoms with van der Waals surface area (Å²) < 4.78 is 10.7. The summed E-state index contributed by atoms with van der Waals surface area (Å²) in [5.74, 6) is 0.826. The maximum Gasteiger partial charge on any atom is 0.119 e. The zero-order valence-electron chi connectivity index (χ0n) is 10.3. The van der Waals surface area contributed by atoms with Crippen LogP contribution < -0.4 is 4.74 Å². The maximum atomic E-state index is 8.57. The first-order valence-corrected chi connectivity index (χ1v) is 5.73. The Hall–Kier alpha value is -1.55. The predicted molar refractivity (Wildman–Crippen MR) is 67.0 cm³/mol. The molecule has 0 fully saturated rings. The van der Waals surface area contributed by atoms with Gasteiger partial charge in [0.05, 0.1) is 12.3 Å². The van der Waals surface area contributed by atoms with Crippen LogP contribution >= 0.6 is 0 Å². The number of rotatable bonds is 7. The molecule has 0 spiro atoms. The number of nitrogens with zero attached hydrogens (tertiary/aromatic N) is 1. The van der Waals surface area contributed by atoms with Crippen LogP contribution in [0.3, 0.4) is 0 Å². The quantitative estimate of drug-likeness (QED) is 0.343.